The van der Waals surface area contributed by atoms with Gasteiger partial charge >= 0.3 is 0 Å². The molecule has 0 bridgehead atoms. The summed E-state index contributed by atoms with van der Waals surface area (Å²) in [4.78, 5) is 9.96. The van der Waals surface area contributed by atoms with E-state index in [1.165, 1.54) is 11.1 Å². The smallest absolute Gasteiger partial charge is 0.225 e. The third-order valence-corrected chi connectivity index (χ3v) is 4.25. The molecule has 2 N–H and O–H groups in total. The number of nitrogens with one attached hydrogen (secondary N) is 2. The van der Waals surface area contributed by atoms with Crippen LogP contribution in [0.4, 0.5) is 11.8 Å². The van der Waals surface area contributed by atoms with Crippen LogP contribution in [0.25, 0.3) is 10.2 Å². The largest absolute Gasteiger partial charge is 0.365 e. The normalized spacial score (nSPS) is 10.8. The predicted molar refractivity (Wildman–Crippen MR) is 90.1 cm³/mol. The van der Waals surface area contributed by atoms with Gasteiger partial charge in [-0.2, -0.15) is 4.98 Å². The molecule has 0 fully saturated rings. The maximum Gasteiger partial charge on any atom is 0.225 e. The van der Waals surface area contributed by atoms with Crippen LogP contribution < -0.4 is 10.6 Å². The van der Waals surface area contributed by atoms with Crippen LogP contribution in [0.2, 0.25) is 0 Å². The number of thiophene rings is 1. The summed E-state index contributed by atoms with van der Waals surface area (Å²) in [5, 5.41) is 9.54. The van der Waals surface area contributed by atoms with E-state index in [1.54, 1.807) is 11.3 Å². The van der Waals surface area contributed by atoms with Crippen LogP contribution in [-0.4, -0.2) is 17.0 Å². The van der Waals surface area contributed by atoms with Crippen molar-refractivity contribution in [2.75, 3.05) is 17.7 Å². The zero-order chi connectivity index (χ0) is 14.7. The highest BCUT2D eigenvalue weighted by molar-refractivity contribution is 7.16. The Morgan fingerprint density at radius 2 is 1.81 bits per heavy atom. The Hall–Kier alpha value is -2.14. The predicted octanol–water partition coefficient (Wildman–Crippen LogP) is 3.91. The summed E-state index contributed by atoms with van der Waals surface area (Å²) in [6, 6.07) is 10.7. The van der Waals surface area contributed by atoms with Crippen molar-refractivity contribution < 1.29 is 0 Å². The van der Waals surface area contributed by atoms with Gasteiger partial charge in [0.25, 0.3) is 0 Å². The van der Waals surface area contributed by atoms with Crippen LogP contribution in [0.1, 0.15) is 18.1 Å². The molecule has 0 unspecified atom stereocenters. The number of hydrogen-bond acceptors (Lipinski definition) is 5. The summed E-state index contributed by atoms with van der Waals surface area (Å²) >= 11 is 1.63. The first kappa shape index (κ1) is 13.8. The van der Waals surface area contributed by atoms with Crippen LogP contribution >= 0.6 is 11.3 Å². The number of anilines is 2. The Kier molecular flexibility index (Phi) is 4.01. The molecule has 0 saturated heterocycles. The standard InChI is InChI=1S/C16H18N4S/c1-3-11-4-6-12(7-5-11)10-18-14-13-8-9-21-15(13)20-16(17-2)19-14/h4-9H,3,10H2,1-2H3,(H2,17,18,19,20). The van der Waals surface area contributed by atoms with Crippen molar-refractivity contribution >= 4 is 33.3 Å². The van der Waals surface area contributed by atoms with Crippen LogP contribution in [-0.2, 0) is 13.0 Å². The van der Waals surface area contributed by atoms with E-state index in [0.717, 1.165) is 29.0 Å². The molecule has 0 amide bonds. The first-order valence-electron chi connectivity index (χ1n) is 7.05. The summed E-state index contributed by atoms with van der Waals surface area (Å²) in [5.41, 5.74) is 2.61. The van der Waals surface area contributed by atoms with E-state index in [4.69, 9.17) is 0 Å². The lowest BCUT2D eigenvalue weighted by Gasteiger charge is -2.09. The molecule has 3 aromatic rings. The van der Waals surface area contributed by atoms with Gasteiger partial charge in [0.15, 0.2) is 0 Å². The number of hydrogen-bond donors (Lipinski definition) is 2. The summed E-state index contributed by atoms with van der Waals surface area (Å²) in [7, 11) is 1.84. The van der Waals surface area contributed by atoms with Gasteiger partial charge < -0.3 is 10.6 Å². The molecule has 0 radical (unpaired) electrons. The fourth-order valence-corrected chi connectivity index (χ4v) is 2.94. The molecule has 0 aliphatic heterocycles. The summed E-state index contributed by atoms with van der Waals surface area (Å²) < 4.78 is 0. The third-order valence-electron chi connectivity index (χ3n) is 3.44. The van der Waals surface area contributed by atoms with Gasteiger partial charge in [0, 0.05) is 13.6 Å². The van der Waals surface area contributed by atoms with Gasteiger partial charge in [-0.25, -0.2) is 4.98 Å². The van der Waals surface area contributed by atoms with E-state index in [-0.39, 0.29) is 0 Å². The first-order chi connectivity index (χ1) is 10.3. The van der Waals surface area contributed by atoms with Crippen molar-refractivity contribution in [2.45, 2.75) is 19.9 Å². The van der Waals surface area contributed by atoms with Crippen LogP contribution in [0.5, 0.6) is 0 Å². The Morgan fingerprint density at radius 3 is 2.52 bits per heavy atom. The highest BCUT2D eigenvalue weighted by atomic mass is 32.1. The summed E-state index contributed by atoms with van der Waals surface area (Å²) in [5.74, 6) is 1.53. The average molecular weight is 298 g/mol. The molecular formula is C16H18N4S. The lowest BCUT2D eigenvalue weighted by molar-refractivity contribution is 1.09. The van der Waals surface area contributed by atoms with Crippen LogP contribution in [0.15, 0.2) is 35.7 Å². The molecule has 5 heteroatoms. The Labute approximate surface area is 128 Å². The second-order valence-electron chi connectivity index (χ2n) is 4.81. The second kappa shape index (κ2) is 6.10. The van der Waals surface area contributed by atoms with Crippen molar-refractivity contribution in [1.29, 1.82) is 0 Å². The van der Waals surface area contributed by atoms with Crippen LogP contribution in [0.3, 0.4) is 0 Å². The minimum Gasteiger partial charge on any atom is -0.365 e. The maximum atomic E-state index is 4.51. The number of fused-ring (bicyclic) bond motifs is 1. The van der Waals surface area contributed by atoms with Crippen molar-refractivity contribution in [3.63, 3.8) is 0 Å². The molecule has 2 aromatic heterocycles. The number of benzene rings is 1. The van der Waals surface area contributed by atoms with Gasteiger partial charge in [0.2, 0.25) is 5.95 Å². The molecule has 1 aromatic carbocycles. The molecule has 21 heavy (non-hydrogen) atoms. The van der Waals surface area contributed by atoms with E-state index in [9.17, 15) is 0 Å². The molecule has 0 saturated carbocycles. The molecule has 0 spiro atoms. The van der Waals surface area contributed by atoms with Gasteiger partial charge in [-0.15, -0.1) is 11.3 Å². The maximum absolute atomic E-state index is 4.51. The lowest BCUT2D eigenvalue weighted by Crippen LogP contribution is -2.05. The molecular weight excluding hydrogens is 280 g/mol. The molecule has 0 atom stereocenters. The zero-order valence-electron chi connectivity index (χ0n) is 12.2. The van der Waals surface area contributed by atoms with Gasteiger partial charge in [-0.1, -0.05) is 31.2 Å². The SMILES string of the molecule is CCc1ccc(CNc2nc(NC)nc3sccc23)cc1. The lowest BCUT2D eigenvalue weighted by atomic mass is 10.1. The van der Waals surface area contributed by atoms with Crippen molar-refractivity contribution in [2.24, 2.45) is 0 Å². The number of aromatic nitrogens is 2. The first-order valence-corrected chi connectivity index (χ1v) is 7.93. The van der Waals surface area contributed by atoms with Gasteiger partial charge in [0.1, 0.15) is 10.6 Å². The topological polar surface area (TPSA) is 49.8 Å². The Bertz CT molecular complexity index is 734. The number of aryl methyl sites for hydroxylation is 1. The van der Waals surface area contributed by atoms with E-state index < -0.39 is 0 Å². The molecule has 2 heterocycles. The number of rotatable bonds is 5. The second-order valence-corrected chi connectivity index (χ2v) is 5.70. The van der Waals surface area contributed by atoms with Crippen molar-refractivity contribution in [3.8, 4) is 0 Å². The molecule has 0 aliphatic carbocycles. The highest BCUT2D eigenvalue weighted by Crippen LogP contribution is 2.26. The average Bonchev–Trinajstić information content (AvgIpc) is 3.01. The zero-order valence-corrected chi connectivity index (χ0v) is 13.0. The van der Waals surface area contributed by atoms with Gasteiger partial charge in [0.05, 0.1) is 5.39 Å². The Morgan fingerprint density at radius 1 is 1.05 bits per heavy atom. The summed E-state index contributed by atoms with van der Waals surface area (Å²) in [6.45, 7) is 2.93. The van der Waals surface area contributed by atoms with Crippen LogP contribution in [0, 0.1) is 0 Å². The number of nitrogens with zero attached hydrogens (tertiary/aromatic N) is 2. The third kappa shape index (κ3) is 2.97. The van der Waals surface area contributed by atoms with Gasteiger partial charge in [-0.3, -0.25) is 0 Å². The highest BCUT2D eigenvalue weighted by Gasteiger charge is 2.07. The molecule has 108 valence electrons. The van der Waals surface area contributed by atoms with Crippen molar-refractivity contribution in [3.05, 3.63) is 46.8 Å². The molecule has 3 rings (SSSR count). The minimum absolute atomic E-state index is 0.647. The van der Waals surface area contributed by atoms with E-state index in [1.807, 2.05) is 12.4 Å². The van der Waals surface area contributed by atoms with E-state index in [0.29, 0.717) is 5.95 Å². The fraction of sp³-hybridized carbons (Fsp3) is 0.250. The Balaban J connectivity index is 1.81. The summed E-state index contributed by atoms with van der Waals surface area (Å²) in [6.07, 6.45) is 1.07. The van der Waals surface area contributed by atoms with E-state index in [2.05, 4.69) is 57.9 Å². The quantitative estimate of drug-likeness (QED) is 0.750. The molecule has 4 nitrogen and oxygen atoms in total. The fourth-order valence-electron chi connectivity index (χ4n) is 2.18. The molecule has 0 aliphatic rings. The minimum atomic E-state index is 0.647. The monoisotopic (exact) mass is 298 g/mol. The van der Waals surface area contributed by atoms with E-state index >= 15 is 0 Å². The van der Waals surface area contributed by atoms with Crippen molar-refractivity contribution in [1.82, 2.24) is 9.97 Å². The van der Waals surface area contributed by atoms with Gasteiger partial charge in [-0.05, 0) is 29.0 Å².